The van der Waals surface area contributed by atoms with E-state index in [2.05, 4.69) is 18.0 Å². The fourth-order valence-electron chi connectivity index (χ4n) is 2.09. The van der Waals surface area contributed by atoms with Crippen LogP contribution < -0.4 is 5.73 Å². The molecule has 88 valence electrons. The minimum Gasteiger partial charge on any atom is -0.388 e. The molecule has 0 radical (unpaired) electrons. The first-order valence-electron chi connectivity index (χ1n) is 6.04. The maximum absolute atomic E-state index is 10.4. The van der Waals surface area contributed by atoms with Gasteiger partial charge in [0.15, 0.2) is 0 Å². The summed E-state index contributed by atoms with van der Waals surface area (Å²) >= 11 is 0. The Balaban J connectivity index is 2.06. The monoisotopic (exact) mass is 220 g/mol. The number of hydrogen-bond acceptors (Lipinski definition) is 3. The van der Waals surface area contributed by atoms with Crippen molar-refractivity contribution >= 4 is 0 Å². The Labute approximate surface area is 96.7 Å². The third kappa shape index (κ3) is 2.42. The van der Waals surface area contributed by atoms with Gasteiger partial charge >= 0.3 is 0 Å². The molecule has 3 N–H and O–H groups in total. The third-order valence-corrected chi connectivity index (χ3v) is 3.47. The molecule has 3 nitrogen and oxygen atoms in total. The van der Waals surface area contributed by atoms with Gasteiger partial charge in [-0.15, -0.1) is 0 Å². The Morgan fingerprint density at radius 3 is 2.69 bits per heavy atom. The number of nitrogens with two attached hydrogens (primary N) is 1. The second-order valence-corrected chi connectivity index (χ2v) is 4.77. The van der Waals surface area contributed by atoms with Gasteiger partial charge in [0, 0.05) is 24.9 Å². The second-order valence-electron chi connectivity index (χ2n) is 4.77. The van der Waals surface area contributed by atoms with Crippen LogP contribution in [0.1, 0.15) is 31.0 Å². The summed E-state index contributed by atoms with van der Waals surface area (Å²) in [6, 6.07) is 4.08. The zero-order valence-electron chi connectivity index (χ0n) is 9.82. The normalized spacial score (nSPS) is 19.4. The number of hydrogen-bond donors (Lipinski definition) is 2. The van der Waals surface area contributed by atoms with Crippen molar-refractivity contribution in [3.63, 3.8) is 0 Å². The van der Waals surface area contributed by atoms with Crippen LogP contribution in [0.5, 0.6) is 0 Å². The highest BCUT2D eigenvalue weighted by Crippen LogP contribution is 2.40. The molecule has 0 aromatic carbocycles. The van der Waals surface area contributed by atoms with Crippen molar-refractivity contribution in [2.45, 2.75) is 38.2 Å². The molecule has 0 saturated heterocycles. The molecule has 0 amide bonds. The van der Waals surface area contributed by atoms with E-state index in [1.165, 1.54) is 5.56 Å². The lowest BCUT2D eigenvalue weighted by molar-refractivity contribution is 0.0258. The van der Waals surface area contributed by atoms with Crippen molar-refractivity contribution in [3.8, 4) is 0 Å². The molecule has 0 spiro atoms. The van der Waals surface area contributed by atoms with E-state index in [0.29, 0.717) is 18.9 Å². The molecular formula is C13H20N2O. The van der Waals surface area contributed by atoms with Crippen LogP contribution >= 0.6 is 0 Å². The predicted octanol–water partition coefficient (Wildman–Crippen LogP) is 1.29. The van der Waals surface area contributed by atoms with Crippen molar-refractivity contribution in [1.82, 2.24) is 4.98 Å². The van der Waals surface area contributed by atoms with E-state index in [1.807, 2.05) is 12.3 Å². The van der Waals surface area contributed by atoms with E-state index in [9.17, 15) is 5.11 Å². The fraction of sp³-hybridized carbons (Fsp3) is 0.615. The molecule has 2 rings (SSSR count). The molecule has 1 fully saturated rings. The maximum Gasteiger partial charge on any atom is 0.0852 e. The van der Waals surface area contributed by atoms with Gasteiger partial charge in [-0.05, 0) is 36.8 Å². The fourth-order valence-corrected chi connectivity index (χ4v) is 2.09. The lowest BCUT2D eigenvalue weighted by atomic mass is 9.92. The van der Waals surface area contributed by atoms with Crippen molar-refractivity contribution in [2.75, 3.05) is 6.54 Å². The largest absolute Gasteiger partial charge is 0.388 e. The Morgan fingerprint density at radius 1 is 1.50 bits per heavy atom. The molecule has 1 aliphatic carbocycles. The molecule has 1 unspecified atom stereocenters. The number of nitrogens with zero attached hydrogens (tertiary/aromatic N) is 1. The van der Waals surface area contributed by atoms with E-state index in [0.717, 1.165) is 25.0 Å². The first-order valence-corrected chi connectivity index (χ1v) is 6.04. The molecule has 3 heteroatoms. The molecule has 16 heavy (non-hydrogen) atoms. The van der Waals surface area contributed by atoms with Gasteiger partial charge in [0.05, 0.1) is 5.60 Å². The molecule has 1 atom stereocenters. The first kappa shape index (κ1) is 11.6. The van der Waals surface area contributed by atoms with Crippen LogP contribution in [0.25, 0.3) is 0 Å². The molecule has 1 aromatic rings. The molecule has 0 aliphatic heterocycles. The van der Waals surface area contributed by atoms with Crippen molar-refractivity contribution < 1.29 is 5.11 Å². The maximum atomic E-state index is 10.4. The van der Waals surface area contributed by atoms with Gasteiger partial charge in [0.2, 0.25) is 0 Å². The molecule has 1 aliphatic rings. The minimum atomic E-state index is -0.735. The Bertz CT molecular complexity index is 345. The molecule has 1 aromatic heterocycles. The Kier molecular flexibility index (Phi) is 3.26. The highest BCUT2D eigenvalue weighted by Gasteiger charge is 2.42. The van der Waals surface area contributed by atoms with Crippen molar-refractivity contribution in [1.29, 1.82) is 0 Å². The van der Waals surface area contributed by atoms with Gasteiger partial charge < -0.3 is 10.8 Å². The van der Waals surface area contributed by atoms with E-state index in [4.69, 9.17) is 5.73 Å². The second kappa shape index (κ2) is 4.52. The number of pyridine rings is 1. The summed E-state index contributed by atoms with van der Waals surface area (Å²) in [5.74, 6) is 0.380. The molecule has 0 bridgehead atoms. The van der Waals surface area contributed by atoms with E-state index >= 15 is 0 Å². The van der Waals surface area contributed by atoms with E-state index in [-0.39, 0.29) is 0 Å². The van der Waals surface area contributed by atoms with Crippen LogP contribution in [0, 0.1) is 5.92 Å². The van der Waals surface area contributed by atoms with Crippen LogP contribution in [0.2, 0.25) is 0 Å². The highest BCUT2D eigenvalue weighted by atomic mass is 16.3. The summed E-state index contributed by atoms with van der Waals surface area (Å²) in [6.45, 7) is 2.44. The van der Waals surface area contributed by atoms with Gasteiger partial charge in [-0.2, -0.15) is 0 Å². The Morgan fingerprint density at radius 2 is 2.25 bits per heavy atom. The van der Waals surface area contributed by atoms with Crippen LogP contribution in [-0.2, 0) is 12.8 Å². The molecule has 1 heterocycles. The van der Waals surface area contributed by atoms with Crippen molar-refractivity contribution in [3.05, 3.63) is 29.6 Å². The van der Waals surface area contributed by atoms with E-state index < -0.39 is 5.60 Å². The predicted molar refractivity (Wildman–Crippen MR) is 64.0 cm³/mol. The lowest BCUT2D eigenvalue weighted by Gasteiger charge is -2.26. The lowest BCUT2D eigenvalue weighted by Crippen LogP contribution is -2.42. The van der Waals surface area contributed by atoms with Gasteiger partial charge in [-0.1, -0.05) is 13.0 Å². The number of aromatic nitrogens is 1. The van der Waals surface area contributed by atoms with Crippen LogP contribution in [0.15, 0.2) is 18.3 Å². The Hall–Kier alpha value is -0.930. The summed E-state index contributed by atoms with van der Waals surface area (Å²) in [4.78, 5) is 4.38. The van der Waals surface area contributed by atoms with Gasteiger partial charge in [0.25, 0.3) is 0 Å². The number of aliphatic hydroxyl groups is 1. The minimum absolute atomic E-state index is 0.328. The smallest absolute Gasteiger partial charge is 0.0852 e. The SMILES string of the molecule is CCc1ccc(CC(O)(CN)C2CC2)nc1. The number of aryl methyl sites for hydroxylation is 1. The third-order valence-electron chi connectivity index (χ3n) is 3.47. The van der Waals surface area contributed by atoms with Crippen LogP contribution in [0.4, 0.5) is 0 Å². The van der Waals surface area contributed by atoms with Crippen LogP contribution in [0.3, 0.4) is 0 Å². The first-order chi connectivity index (χ1) is 7.68. The molecular weight excluding hydrogens is 200 g/mol. The zero-order valence-corrected chi connectivity index (χ0v) is 9.82. The average Bonchev–Trinajstić information content (AvgIpc) is 3.14. The standard InChI is InChI=1S/C13H20N2O/c1-2-10-3-6-12(15-8-10)7-13(16,9-14)11-4-5-11/h3,6,8,11,16H,2,4-5,7,9,14H2,1H3. The zero-order chi connectivity index (χ0) is 11.6. The summed E-state index contributed by atoms with van der Waals surface area (Å²) in [7, 11) is 0. The van der Waals surface area contributed by atoms with Crippen LogP contribution in [-0.4, -0.2) is 22.2 Å². The molecule has 1 saturated carbocycles. The highest BCUT2D eigenvalue weighted by molar-refractivity contribution is 5.16. The topological polar surface area (TPSA) is 59.1 Å². The van der Waals surface area contributed by atoms with Gasteiger partial charge in [-0.3, -0.25) is 4.98 Å². The average molecular weight is 220 g/mol. The van der Waals surface area contributed by atoms with Crippen molar-refractivity contribution in [2.24, 2.45) is 11.7 Å². The van der Waals surface area contributed by atoms with Gasteiger partial charge in [0.1, 0.15) is 0 Å². The summed E-state index contributed by atoms with van der Waals surface area (Å²) < 4.78 is 0. The van der Waals surface area contributed by atoms with Gasteiger partial charge in [-0.25, -0.2) is 0 Å². The number of rotatable bonds is 5. The summed E-state index contributed by atoms with van der Waals surface area (Å²) in [5, 5.41) is 10.4. The summed E-state index contributed by atoms with van der Waals surface area (Å²) in [6.07, 6.45) is 5.66. The summed E-state index contributed by atoms with van der Waals surface area (Å²) in [5.41, 5.74) is 7.11. The quantitative estimate of drug-likeness (QED) is 0.786. The van der Waals surface area contributed by atoms with E-state index in [1.54, 1.807) is 0 Å².